The van der Waals surface area contributed by atoms with Gasteiger partial charge >= 0.3 is 5.97 Å². The third-order valence-corrected chi connectivity index (χ3v) is 2.59. The summed E-state index contributed by atoms with van der Waals surface area (Å²) in [6.07, 6.45) is 0. The molecular formula is C12H9ClO3. The minimum absolute atomic E-state index is 0.136. The zero-order valence-corrected chi connectivity index (χ0v) is 9.28. The second kappa shape index (κ2) is 4.02. The van der Waals surface area contributed by atoms with Crippen LogP contribution in [-0.4, -0.2) is 18.2 Å². The monoisotopic (exact) mass is 236 g/mol. The molecule has 82 valence electrons. The summed E-state index contributed by atoms with van der Waals surface area (Å²) < 4.78 is 5.03. The first-order chi connectivity index (χ1) is 7.61. The summed E-state index contributed by atoms with van der Waals surface area (Å²) >= 11 is 5.85. The van der Waals surface area contributed by atoms with Gasteiger partial charge in [0.05, 0.1) is 7.11 Å². The van der Waals surface area contributed by atoms with E-state index in [1.807, 2.05) is 6.07 Å². The molecule has 2 rings (SSSR count). The van der Waals surface area contributed by atoms with Gasteiger partial charge in [-0.1, -0.05) is 17.7 Å². The van der Waals surface area contributed by atoms with Crippen molar-refractivity contribution in [2.75, 3.05) is 7.11 Å². The maximum absolute atomic E-state index is 11.0. The minimum atomic E-state index is -1.02. The maximum atomic E-state index is 11.0. The number of carbonyl (C=O) groups is 1. The molecule has 0 amide bonds. The standard InChI is InChI=1S/C12H9ClO3/c1-16-11-6-7-2-3-9(13)4-8(7)5-10(11)12(14)15/h2-6H,1H3,(H,14,15). The van der Waals surface area contributed by atoms with Crippen LogP contribution in [0.1, 0.15) is 10.4 Å². The molecular weight excluding hydrogens is 228 g/mol. The largest absolute Gasteiger partial charge is 0.496 e. The van der Waals surface area contributed by atoms with Crippen molar-refractivity contribution >= 4 is 28.3 Å². The maximum Gasteiger partial charge on any atom is 0.339 e. The summed E-state index contributed by atoms with van der Waals surface area (Å²) in [7, 11) is 1.45. The molecule has 3 nitrogen and oxygen atoms in total. The lowest BCUT2D eigenvalue weighted by molar-refractivity contribution is 0.0693. The highest BCUT2D eigenvalue weighted by Crippen LogP contribution is 2.27. The Morgan fingerprint density at radius 3 is 2.62 bits per heavy atom. The van der Waals surface area contributed by atoms with Crippen LogP contribution in [0.15, 0.2) is 30.3 Å². The molecule has 0 saturated carbocycles. The van der Waals surface area contributed by atoms with Crippen molar-refractivity contribution in [2.45, 2.75) is 0 Å². The van der Waals surface area contributed by atoms with Gasteiger partial charge in [-0.3, -0.25) is 0 Å². The van der Waals surface area contributed by atoms with Crippen molar-refractivity contribution in [3.8, 4) is 5.75 Å². The van der Waals surface area contributed by atoms with E-state index in [1.54, 1.807) is 24.3 Å². The van der Waals surface area contributed by atoms with Gasteiger partial charge < -0.3 is 9.84 Å². The Morgan fingerprint density at radius 2 is 2.00 bits per heavy atom. The molecule has 0 aliphatic heterocycles. The fourth-order valence-corrected chi connectivity index (χ4v) is 1.76. The number of methoxy groups -OCH3 is 1. The SMILES string of the molecule is COc1cc2ccc(Cl)cc2cc1C(=O)O. The van der Waals surface area contributed by atoms with E-state index in [0.29, 0.717) is 10.8 Å². The molecule has 0 fully saturated rings. The molecule has 2 aromatic rings. The molecule has 0 aliphatic rings. The first-order valence-corrected chi connectivity index (χ1v) is 5.00. The van der Waals surface area contributed by atoms with Crippen LogP contribution in [0.5, 0.6) is 5.75 Å². The van der Waals surface area contributed by atoms with Gasteiger partial charge in [0.1, 0.15) is 11.3 Å². The second-order valence-corrected chi connectivity index (χ2v) is 3.79. The van der Waals surface area contributed by atoms with E-state index >= 15 is 0 Å². The van der Waals surface area contributed by atoms with Gasteiger partial charge in [-0.05, 0) is 35.0 Å². The molecule has 0 radical (unpaired) electrons. The van der Waals surface area contributed by atoms with E-state index in [4.69, 9.17) is 21.4 Å². The average molecular weight is 237 g/mol. The van der Waals surface area contributed by atoms with E-state index in [2.05, 4.69) is 0 Å². The number of aromatic carboxylic acids is 1. The number of fused-ring (bicyclic) bond motifs is 1. The van der Waals surface area contributed by atoms with Crippen LogP contribution < -0.4 is 4.74 Å². The molecule has 1 N–H and O–H groups in total. The predicted octanol–water partition coefficient (Wildman–Crippen LogP) is 3.20. The number of halogens is 1. The molecule has 0 heterocycles. The lowest BCUT2D eigenvalue weighted by Gasteiger charge is -2.07. The number of hydrogen-bond donors (Lipinski definition) is 1. The fourth-order valence-electron chi connectivity index (χ4n) is 1.58. The van der Waals surface area contributed by atoms with Crippen LogP contribution >= 0.6 is 11.6 Å². The fraction of sp³-hybridized carbons (Fsp3) is 0.0833. The molecule has 0 saturated heterocycles. The van der Waals surface area contributed by atoms with Crippen LogP contribution in [0.25, 0.3) is 10.8 Å². The van der Waals surface area contributed by atoms with Crippen molar-refractivity contribution in [2.24, 2.45) is 0 Å². The summed E-state index contributed by atoms with van der Waals surface area (Å²) in [5, 5.41) is 11.3. The number of hydrogen-bond acceptors (Lipinski definition) is 2. The molecule has 0 bridgehead atoms. The van der Waals surface area contributed by atoms with Crippen LogP contribution in [-0.2, 0) is 0 Å². The van der Waals surface area contributed by atoms with Crippen LogP contribution in [0.3, 0.4) is 0 Å². The Morgan fingerprint density at radius 1 is 1.25 bits per heavy atom. The lowest BCUT2D eigenvalue weighted by Crippen LogP contribution is -2.00. The summed E-state index contributed by atoms with van der Waals surface area (Å²) in [5.74, 6) is -0.666. The zero-order chi connectivity index (χ0) is 11.7. The second-order valence-electron chi connectivity index (χ2n) is 3.35. The first kappa shape index (κ1) is 10.8. The van der Waals surface area contributed by atoms with E-state index in [-0.39, 0.29) is 5.56 Å². The Bertz CT molecular complexity index is 563. The quantitative estimate of drug-likeness (QED) is 0.871. The van der Waals surface area contributed by atoms with Gasteiger partial charge in [0.15, 0.2) is 0 Å². The highest BCUT2D eigenvalue weighted by molar-refractivity contribution is 6.31. The number of carboxylic acid groups (broad SMARTS) is 1. The van der Waals surface area contributed by atoms with E-state index in [0.717, 1.165) is 10.8 Å². The Kier molecular flexibility index (Phi) is 2.71. The van der Waals surface area contributed by atoms with Gasteiger partial charge in [0, 0.05) is 5.02 Å². The van der Waals surface area contributed by atoms with Crippen LogP contribution in [0, 0.1) is 0 Å². The molecule has 16 heavy (non-hydrogen) atoms. The summed E-state index contributed by atoms with van der Waals surface area (Å²) in [6.45, 7) is 0. The molecule has 0 spiro atoms. The van der Waals surface area contributed by atoms with Gasteiger partial charge in [-0.2, -0.15) is 0 Å². The lowest BCUT2D eigenvalue weighted by atomic mass is 10.1. The highest BCUT2D eigenvalue weighted by Gasteiger charge is 2.12. The summed E-state index contributed by atoms with van der Waals surface area (Å²) in [4.78, 5) is 11.0. The summed E-state index contributed by atoms with van der Waals surface area (Å²) in [6, 6.07) is 8.55. The van der Waals surface area contributed by atoms with Gasteiger partial charge in [-0.15, -0.1) is 0 Å². The van der Waals surface area contributed by atoms with E-state index in [9.17, 15) is 4.79 Å². The molecule has 0 unspecified atom stereocenters. The minimum Gasteiger partial charge on any atom is -0.496 e. The molecule has 4 heteroatoms. The Labute approximate surface area is 97.2 Å². The molecule has 0 atom stereocenters. The molecule has 2 aromatic carbocycles. The highest BCUT2D eigenvalue weighted by atomic mass is 35.5. The van der Waals surface area contributed by atoms with E-state index in [1.165, 1.54) is 7.11 Å². The summed E-state index contributed by atoms with van der Waals surface area (Å²) in [5.41, 5.74) is 0.136. The first-order valence-electron chi connectivity index (χ1n) is 4.62. The smallest absolute Gasteiger partial charge is 0.339 e. The number of carboxylic acids is 1. The third-order valence-electron chi connectivity index (χ3n) is 2.35. The van der Waals surface area contributed by atoms with Crippen molar-refractivity contribution < 1.29 is 14.6 Å². The number of rotatable bonds is 2. The van der Waals surface area contributed by atoms with Crippen LogP contribution in [0.4, 0.5) is 0 Å². The van der Waals surface area contributed by atoms with Crippen molar-refractivity contribution in [1.29, 1.82) is 0 Å². The molecule has 0 aliphatic carbocycles. The zero-order valence-electron chi connectivity index (χ0n) is 8.53. The number of ether oxygens (including phenoxy) is 1. The Balaban J connectivity index is 2.75. The van der Waals surface area contributed by atoms with Gasteiger partial charge in [-0.25, -0.2) is 4.79 Å². The van der Waals surface area contributed by atoms with Crippen LogP contribution in [0.2, 0.25) is 5.02 Å². The van der Waals surface area contributed by atoms with Gasteiger partial charge in [0.25, 0.3) is 0 Å². The van der Waals surface area contributed by atoms with Gasteiger partial charge in [0.2, 0.25) is 0 Å². The average Bonchev–Trinajstić information content (AvgIpc) is 2.27. The molecule has 0 aromatic heterocycles. The third kappa shape index (κ3) is 1.82. The topological polar surface area (TPSA) is 46.5 Å². The number of benzene rings is 2. The van der Waals surface area contributed by atoms with Crippen molar-refractivity contribution in [3.05, 3.63) is 40.9 Å². The van der Waals surface area contributed by atoms with Crippen molar-refractivity contribution in [3.63, 3.8) is 0 Å². The van der Waals surface area contributed by atoms with Crippen molar-refractivity contribution in [1.82, 2.24) is 0 Å². The predicted molar refractivity (Wildman–Crippen MR) is 62.5 cm³/mol. The Hall–Kier alpha value is -1.74. The van der Waals surface area contributed by atoms with E-state index < -0.39 is 5.97 Å². The normalized spacial score (nSPS) is 10.4.